The number of halogens is 1. The van der Waals surface area contributed by atoms with Crippen LogP contribution in [0.3, 0.4) is 0 Å². The topological polar surface area (TPSA) is 35.2 Å². The van der Waals surface area contributed by atoms with Gasteiger partial charge in [0.05, 0.1) is 12.1 Å². The number of rotatable bonds is 4. The molecule has 0 heterocycles. The lowest BCUT2D eigenvalue weighted by Crippen LogP contribution is -2.35. The summed E-state index contributed by atoms with van der Waals surface area (Å²) in [5, 5.41) is 0.737. The van der Waals surface area contributed by atoms with Crippen LogP contribution in [0, 0.1) is 5.92 Å². The molecule has 0 saturated heterocycles. The molecule has 2 nitrogen and oxygen atoms in total. The largest absolute Gasteiger partial charge is 0.379 e. The summed E-state index contributed by atoms with van der Waals surface area (Å²) in [6.07, 6.45) is 6.50. The highest BCUT2D eigenvalue weighted by Crippen LogP contribution is 2.33. The van der Waals surface area contributed by atoms with Crippen LogP contribution in [0.5, 0.6) is 0 Å². The van der Waals surface area contributed by atoms with Crippen molar-refractivity contribution >= 4 is 11.6 Å². The van der Waals surface area contributed by atoms with Crippen LogP contribution in [0.2, 0.25) is 5.02 Å². The number of nitrogens with two attached hydrogens (primary N) is 1. The van der Waals surface area contributed by atoms with Gasteiger partial charge in [-0.2, -0.15) is 0 Å². The van der Waals surface area contributed by atoms with Crippen molar-refractivity contribution in [3.63, 3.8) is 0 Å². The Morgan fingerprint density at radius 1 is 1.28 bits per heavy atom. The second-order valence-electron chi connectivity index (χ2n) is 5.18. The highest BCUT2D eigenvalue weighted by molar-refractivity contribution is 6.30. The Labute approximate surface area is 114 Å². The van der Waals surface area contributed by atoms with Gasteiger partial charge in [0.25, 0.3) is 0 Å². The molecule has 2 atom stereocenters. The van der Waals surface area contributed by atoms with Crippen LogP contribution in [0.25, 0.3) is 0 Å². The molecule has 2 N–H and O–H groups in total. The first kappa shape index (κ1) is 13.9. The van der Waals surface area contributed by atoms with Gasteiger partial charge in [0.15, 0.2) is 0 Å². The first-order valence-corrected chi connectivity index (χ1v) is 7.14. The van der Waals surface area contributed by atoms with Crippen LogP contribution in [0.4, 0.5) is 0 Å². The van der Waals surface area contributed by atoms with Crippen molar-refractivity contribution in [1.29, 1.82) is 0 Å². The molecule has 100 valence electrons. The molecule has 18 heavy (non-hydrogen) atoms. The standard InChI is InChI=1S/C15H22ClNO/c1-18-15(11-6-3-2-4-7-11)14(17)12-8-5-9-13(16)10-12/h5,8-11,14-15H,2-4,6-7,17H2,1H3. The van der Waals surface area contributed by atoms with Gasteiger partial charge in [-0.05, 0) is 36.5 Å². The van der Waals surface area contributed by atoms with E-state index in [4.69, 9.17) is 22.1 Å². The van der Waals surface area contributed by atoms with E-state index in [-0.39, 0.29) is 12.1 Å². The predicted octanol–water partition coefficient (Wildman–Crippen LogP) is 3.94. The molecule has 0 radical (unpaired) electrons. The zero-order valence-electron chi connectivity index (χ0n) is 10.9. The van der Waals surface area contributed by atoms with E-state index >= 15 is 0 Å². The third-order valence-electron chi connectivity index (χ3n) is 3.97. The number of ether oxygens (including phenoxy) is 1. The summed E-state index contributed by atoms with van der Waals surface area (Å²) in [5.74, 6) is 0.581. The fourth-order valence-corrected chi connectivity index (χ4v) is 3.20. The van der Waals surface area contributed by atoms with E-state index in [0.717, 1.165) is 10.6 Å². The number of benzene rings is 1. The minimum absolute atomic E-state index is 0.0863. The van der Waals surface area contributed by atoms with E-state index in [0.29, 0.717) is 5.92 Å². The monoisotopic (exact) mass is 267 g/mol. The molecule has 1 aliphatic rings. The van der Waals surface area contributed by atoms with Crippen LogP contribution in [-0.2, 0) is 4.74 Å². The lowest BCUT2D eigenvalue weighted by molar-refractivity contribution is 0.0173. The normalized spacial score (nSPS) is 20.6. The summed E-state index contributed by atoms with van der Waals surface area (Å²) in [7, 11) is 1.77. The molecule has 1 aliphatic carbocycles. The van der Waals surface area contributed by atoms with Crippen LogP contribution < -0.4 is 5.73 Å². The summed E-state index contributed by atoms with van der Waals surface area (Å²) >= 11 is 6.03. The van der Waals surface area contributed by atoms with Gasteiger partial charge in [-0.15, -0.1) is 0 Å². The maximum atomic E-state index is 6.37. The minimum Gasteiger partial charge on any atom is -0.379 e. The van der Waals surface area contributed by atoms with Crippen molar-refractivity contribution in [2.45, 2.75) is 44.2 Å². The molecule has 1 aromatic carbocycles. The van der Waals surface area contributed by atoms with Crippen LogP contribution in [-0.4, -0.2) is 13.2 Å². The molecule has 1 aromatic rings. The van der Waals surface area contributed by atoms with E-state index in [9.17, 15) is 0 Å². The van der Waals surface area contributed by atoms with Crippen molar-refractivity contribution in [1.82, 2.24) is 0 Å². The molecule has 0 spiro atoms. The van der Waals surface area contributed by atoms with Crippen molar-refractivity contribution < 1.29 is 4.74 Å². The highest BCUT2D eigenvalue weighted by Gasteiger charge is 2.29. The molecule has 2 unspecified atom stereocenters. The van der Waals surface area contributed by atoms with Gasteiger partial charge in [-0.3, -0.25) is 0 Å². The smallest absolute Gasteiger partial charge is 0.0791 e. The Kier molecular flexibility index (Phi) is 5.04. The van der Waals surface area contributed by atoms with E-state index in [1.807, 2.05) is 24.3 Å². The molecule has 0 aliphatic heterocycles. The average Bonchev–Trinajstić information content (AvgIpc) is 2.41. The average molecular weight is 268 g/mol. The van der Waals surface area contributed by atoms with E-state index in [1.165, 1.54) is 32.1 Å². The summed E-state index contributed by atoms with van der Waals surface area (Å²) in [6, 6.07) is 7.72. The van der Waals surface area contributed by atoms with Gasteiger partial charge in [-0.1, -0.05) is 43.0 Å². The first-order chi connectivity index (χ1) is 8.72. The quantitative estimate of drug-likeness (QED) is 0.897. The van der Waals surface area contributed by atoms with E-state index in [2.05, 4.69) is 0 Å². The number of hydrogen-bond donors (Lipinski definition) is 1. The fraction of sp³-hybridized carbons (Fsp3) is 0.600. The molecule has 0 aromatic heterocycles. The summed E-state index contributed by atoms with van der Waals surface area (Å²) in [4.78, 5) is 0. The Balaban J connectivity index is 2.11. The zero-order chi connectivity index (χ0) is 13.0. The predicted molar refractivity (Wildman–Crippen MR) is 75.8 cm³/mol. The highest BCUT2D eigenvalue weighted by atomic mass is 35.5. The Morgan fingerprint density at radius 2 is 2.00 bits per heavy atom. The number of hydrogen-bond acceptors (Lipinski definition) is 2. The number of methoxy groups -OCH3 is 1. The van der Waals surface area contributed by atoms with Crippen molar-refractivity contribution in [3.05, 3.63) is 34.9 Å². The molecule has 0 bridgehead atoms. The summed E-state index contributed by atoms with van der Waals surface area (Å²) < 4.78 is 5.68. The van der Waals surface area contributed by atoms with Gasteiger partial charge in [0.1, 0.15) is 0 Å². The lowest BCUT2D eigenvalue weighted by atomic mass is 9.81. The zero-order valence-corrected chi connectivity index (χ0v) is 11.7. The minimum atomic E-state index is -0.0863. The summed E-state index contributed by atoms with van der Waals surface area (Å²) in [5.41, 5.74) is 7.44. The SMILES string of the molecule is COC(C1CCCCC1)C(N)c1cccc(Cl)c1. The first-order valence-electron chi connectivity index (χ1n) is 6.76. The van der Waals surface area contributed by atoms with Crippen LogP contribution in [0.1, 0.15) is 43.7 Å². The third kappa shape index (κ3) is 3.25. The van der Waals surface area contributed by atoms with Crippen LogP contribution in [0.15, 0.2) is 24.3 Å². The lowest BCUT2D eigenvalue weighted by Gasteiger charge is -2.33. The van der Waals surface area contributed by atoms with Gasteiger partial charge in [0.2, 0.25) is 0 Å². The van der Waals surface area contributed by atoms with E-state index < -0.39 is 0 Å². The van der Waals surface area contributed by atoms with Gasteiger partial charge in [0, 0.05) is 12.1 Å². The Bertz CT molecular complexity index is 377. The maximum Gasteiger partial charge on any atom is 0.0791 e. The molecule has 0 amide bonds. The Hall–Kier alpha value is -0.570. The molecule has 2 rings (SSSR count). The van der Waals surface area contributed by atoms with Gasteiger partial charge < -0.3 is 10.5 Å². The van der Waals surface area contributed by atoms with Crippen molar-refractivity contribution in [2.75, 3.05) is 7.11 Å². The third-order valence-corrected chi connectivity index (χ3v) is 4.21. The maximum absolute atomic E-state index is 6.37. The van der Waals surface area contributed by atoms with Crippen molar-refractivity contribution in [2.24, 2.45) is 11.7 Å². The molecule has 1 fully saturated rings. The molecule has 3 heteroatoms. The second kappa shape index (κ2) is 6.55. The van der Waals surface area contributed by atoms with Crippen molar-refractivity contribution in [3.8, 4) is 0 Å². The molecular formula is C15H22ClNO. The fourth-order valence-electron chi connectivity index (χ4n) is 3.00. The van der Waals surface area contributed by atoms with Crippen LogP contribution >= 0.6 is 11.6 Å². The van der Waals surface area contributed by atoms with Gasteiger partial charge in [-0.25, -0.2) is 0 Å². The Morgan fingerprint density at radius 3 is 2.61 bits per heavy atom. The van der Waals surface area contributed by atoms with E-state index in [1.54, 1.807) is 7.11 Å². The second-order valence-corrected chi connectivity index (χ2v) is 5.62. The van der Waals surface area contributed by atoms with Gasteiger partial charge >= 0.3 is 0 Å². The summed E-state index contributed by atoms with van der Waals surface area (Å²) in [6.45, 7) is 0. The molecular weight excluding hydrogens is 246 g/mol. The molecule has 1 saturated carbocycles.